The predicted octanol–water partition coefficient (Wildman–Crippen LogP) is 1.99. The summed E-state index contributed by atoms with van der Waals surface area (Å²) in [6, 6.07) is 16.2. The summed E-state index contributed by atoms with van der Waals surface area (Å²) in [4.78, 5) is 6.65. The molecule has 2 aromatic carbocycles. The van der Waals surface area contributed by atoms with E-state index in [1.807, 2.05) is 36.4 Å². The van der Waals surface area contributed by atoms with E-state index in [4.69, 9.17) is 9.84 Å². The van der Waals surface area contributed by atoms with Crippen molar-refractivity contribution < 1.29 is 14.9 Å². The second-order valence-corrected chi connectivity index (χ2v) is 8.14. The Hall–Kier alpha value is -1.61. The first kappa shape index (κ1) is 19.7. The first-order valence-electron chi connectivity index (χ1n) is 9.73. The van der Waals surface area contributed by atoms with E-state index in [1.54, 1.807) is 11.8 Å². The number of hydrogen-bond acceptors (Lipinski definition) is 7. The molecule has 150 valence electrons. The molecule has 2 aliphatic rings. The molecule has 28 heavy (non-hydrogen) atoms. The van der Waals surface area contributed by atoms with Crippen molar-refractivity contribution in [3.8, 4) is 0 Å². The van der Waals surface area contributed by atoms with Crippen LogP contribution in [0.3, 0.4) is 0 Å². The number of para-hydroxylation sites is 1. The van der Waals surface area contributed by atoms with Crippen LogP contribution in [0.1, 0.15) is 5.56 Å². The first-order valence-corrected chi connectivity index (χ1v) is 10.6. The molecule has 0 radical (unpaired) electrons. The lowest BCUT2D eigenvalue weighted by molar-refractivity contribution is -0.112. The molecule has 0 bridgehead atoms. The van der Waals surface area contributed by atoms with E-state index in [0.29, 0.717) is 13.2 Å². The summed E-state index contributed by atoms with van der Waals surface area (Å²) in [5.41, 5.74) is 1.85. The number of nitrogens with zero attached hydrogens (tertiary/aromatic N) is 2. The van der Waals surface area contributed by atoms with E-state index < -0.39 is 5.85 Å². The molecule has 6 nitrogen and oxygen atoms in total. The van der Waals surface area contributed by atoms with Crippen LogP contribution < -0.4 is 5.32 Å². The van der Waals surface area contributed by atoms with Crippen molar-refractivity contribution in [1.29, 1.82) is 0 Å². The average molecular weight is 402 g/mol. The maximum atomic E-state index is 11.8. The number of fused-ring (bicyclic) bond motifs is 2. The molecule has 0 aromatic heterocycles. The van der Waals surface area contributed by atoms with Crippen LogP contribution in [0.4, 0.5) is 5.69 Å². The molecule has 1 fully saturated rings. The molecule has 0 unspecified atom stereocenters. The lowest BCUT2D eigenvalue weighted by Gasteiger charge is -2.45. The van der Waals surface area contributed by atoms with Gasteiger partial charge in [-0.25, -0.2) is 0 Å². The Balaban J connectivity index is 1.52. The third kappa shape index (κ3) is 4.05. The number of aliphatic hydroxyl groups excluding tert-OH is 1. The lowest BCUT2D eigenvalue weighted by Crippen LogP contribution is -2.59. The van der Waals surface area contributed by atoms with Gasteiger partial charge in [-0.15, -0.1) is 0 Å². The fourth-order valence-electron chi connectivity index (χ4n) is 3.78. The Morgan fingerprint density at radius 2 is 1.68 bits per heavy atom. The Bertz CT molecular complexity index is 798. The normalized spacial score (nSPS) is 22.8. The van der Waals surface area contributed by atoms with E-state index in [1.165, 1.54) is 0 Å². The fourth-order valence-corrected chi connectivity index (χ4v) is 4.86. The van der Waals surface area contributed by atoms with E-state index in [-0.39, 0.29) is 6.61 Å². The van der Waals surface area contributed by atoms with Gasteiger partial charge >= 0.3 is 0 Å². The van der Waals surface area contributed by atoms with Gasteiger partial charge in [0.15, 0.2) is 0 Å². The van der Waals surface area contributed by atoms with Gasteiger partial charge in [-0.3, -0.25) is 9.80 Å². The molecule has 0 saturated carbocycles. The maximum Gasteiger partial charge on any atom is 0.224 e. The zero-order valence-corrected chi connectivity index (χ0v) is 16.7. The number of ether oxygens (including phenoxy) is 1. The number of anilines is 1. The monoisotopic (exact) mass is 401 g/mol. The van der Waals surface area contributed by atoms with Gasteiger partial charge in [0.2, 0.25) is 5.85 Å². The molecule has 0 amide bonds. The molecule has 2 aromatic rings. The molecular weight excluding hydrogens is 374 g/mol. The Labute approximate surface area is 170 Å². The second-order valence-electron chi connectivity index (χ2n) is 7.06. The smallest absolute Gasteiger partial charge is 0.224 e. The van der Waals surface area contributed by atoms with Gasteiger partial charge in [0, 0.05) is 48.1 Å². The molecular formula is C21H27N3O3S. The number of hydrogen-bond donors (Lipinski definition) is 3. The Morgan fingerprint density at radius 1 is 0.964 bits per heavy atom. The number of aliphatic hydroxyl groups is 2. The summed E-state index contributed by atoms with van der Waals surface area (Å²) in [6.07, 6.45) is 0. The van der Waals surface area contributed by atoms with Crippen molar-refractivity contribution in [2.24, 2.45) is 0 Å². The zero-order valence-electron chi connectivity index (χ0n) is 15.9. The molecule has 0 aliphatic carbocycles. The summed E-state index contributed by atoms with van der Waals surface area (Å²) in [5.74, 6) is -1.24. The summed E-state index contributed by atoms with van der Waals surface area (Å²) in [6.45, 7) is 5.15. The van der Waals surface area contributed by atoms with Crippen LogP contribution in [0.2, 0.25) is 0 Å². The minimum atomic E-state index is -1.24. The zero-order chi connectivity index (χ0) is 19.4. The molecule has 2 aliphatic heterocycles. The van der Waals surface area contributed by atoms with Gasteiger partial charge in [0.05, 0.1) is 25.5 Å². The van der Waals surface area contributed by atoms with Crippen LogP contribution in [0.5, 0.6) is 0 Å². The van der Waals surface area contributed by atoms with Gasteiger partial charge in [0.1, 0.15) is 0 Å². The highest BCUT2D eigenvalue weighted by Gasteiger charge is 2.41. The lowest BCUT2D eigenvalue weighted by atomic mass is 10.1. The van der Waals surface area contributed by atoms with Gasteiger partial charge in [-0.1, -0.05) is 42.1 Å². The highest BCUT2D eigenvalue weighted by molar-refractivity contribution is 7.99. The molecule has 3 N–H and O–H groups in total. The van der Waals surface area contributed by atoms with Crippen molar-refractivity contribution in [3.63, 3.8) is 0 Å². The molecule has 2 heterocycles. The van der Waals surface area contributed by atoms with Crippen molar-refractivity contribution in [3.05, 3.63) is 54.1 Å². The highest BCUT2D eigenvalue weighted by atomic mass is 32.2. The minimum absolute atomic E-state index is 0.0609. The third-order valence-corrected chi connectivity index (χ3v) is 6.45. The predicted molar refractivity (Wildman–Crippen MR) is 110 cm³/mol. The fraction of sp³-hybridized carbons (Fsp3) is 0.429. The standard InChI is InChI=1S/C21H27N3O3S/c25-14-16-27-15-13-23-9-11-24(12-10-23)21(26)17-5-1-3-7-19(17)28-20-8-4-2-6-18(20)22-21/h1-8,22,25-26H,9-16H2/t21-/m1/s1. The molecule has 4 rings (SSSR count). The van der Waals surface area contributed by atoms with Crippen LogP contribution in [0, 0.1) is 0 Å². The minimum Gasteiger partial charge on any atom is -0.394 e. The van der Waals surface area contributed by atoms with E-state index in [9.17, 15) is 5.11 Å². The van der Waals surface area contributed by atoms with Crippen molar-refractivity contribution in [2.45, 2.75) is 15.6 Å². The van der Waals surface area contributed by atoms with Crippen LogP contribution in [0.25, 0.3) is 0 Å². The summed E-state index contributed by atoms with van der Waals surface area (Å²) < 4.78 is 5.38. The van der Waals surface area contributed by atoms with Crippen molar-refractivity contribution in [2.75, 3.05) is 57.9 Å². The maximum absolute atomic E-state index is 11.8. The van der Waals surface area contributed by atoms with Crippen LogP contribution in [-0.4, -0.2) is 72.6 Å². The van der Waals surface area contributed by atoms with Gasteiger partial charge in [-0.05, 0) is 18.2 Å². The third-order valence-electron chi connectivity index (χ3n) is 5.30. The topological polar surface area (TPSA) is 68.2 Å². The number of piperazine rings is 1. The van der Waals surface area contributed by atoms with Crippen LogP contribution >= 0.6 is 11.8 Å². The van der Waals surface area contributed by atoms with Gasteiger partial charge in [-0.2, -0.15) is 0 Å². The van der Waals surface area contributed by atoms with E-state index >= 15 is 0 Å². The van der Waals surface area contributed by atoms with E-state index in [2.05, 4.69) is 27.2 Å². The van der Waals surface area contributed by atoms with Crippen molar-refractivity contribution in [1.82, 2.24) is 9.80 Å². The molecule has 0 spiro atoms. The Morgan fingerprint density at radius 3 is 2.46 bits per heavy atom. The Kier molecular flexibility index (Phi) is 6.20. The summed E-state index contributed by atoms with van der Waals surface area (Å²) in [5, 5.41) is 24.1. The van der Waals surface area contributed by atoms with E-state index in [0.717, 1.165) is 53.8 Å². The SMILES string of the molecule is OCCOCCN1CCN([C@]2(O)Nc3ccccc3Sc3ccccc32)CC1. The molecule has 7 heteroatoms. The quantitative estimate of drug-likeness (QED) is 0.640. The number of rotatable bonds is 6. The van der Waals surface area contributed by atoms with Crippen molar-refractivity contribution >= 4 is 17.4 Å². The average Bonchev–Trinajstić information content (AvgIpc) is 2.86. The summed E-state index contributed by atoms with van der Waals surface area (Å²) >= 11 is 1.69. The summed E-state index contributed by atoms with van der Waals surface area (Å²) in [7, 11) is 0. The van der Waals surface area contributed by atoms with Crippen LogP contribution in [-0.2, 0) is 10.6 Å². The highest BCUT2D eigenvalue weighted by Crippen LogP contribution is 2.44. The van der Waals surface area contributed by atoms with Crippen LogP contribution in [0.15, 0.2) is 58.3 Å². The first-order chi connectivity index (χ1) is 13.7. The van der Waals surface area contributed by atoms with Gasteiger partial charge in [0.25, 0.3) is 0 Å². The molecule has 1 atom stereocenters. The second kappa shape index (κ2) is 8.82. The van der Waals surface area contributed by atoms with Gasteiger partial charge < -0.3 is 20.3 Å². The molecule has 1 saturated heterocycles. The number of benzene rings is 2. The number of nitrogens with one attached hydrogen (secondary N) is 1. The largest absolute Gasteiger partial charge is 0.394 e.